The molecule has 2 N–H and O–H groups in total. The van der Waals surface area contributed by atoms with Gasteiger partial charge in [0.15, 0.2) is 0 Å². The van der Waals surface area contributed by atoms with Gasteiger partial charge in [-0.1, -0.05) is 23.2 Å². The van der Waals surface area contributed by atoms with Crippen LogP contribution in [0.2, 0.25) is 10.0 Å². The van der Waals surface area contributed by atoms with Crippen LogP contribution in [0.3, 0.4) is 0 Å². The minimum absolute atomic E-state index is 0.0707. The van der Waals surface area contributed by atoms with Crippen molar-refractivity contribution >= 4 is 56.9 Å². The van der Waals surface area contributed by atoms with E-state index >= 15 is 0 Å². The second kappa shape index (κ2) is 9.02. The molecule has 2 aromatic heterocycles. The third-order valence-electron chi connectivity index (χ3n) is 6.36. The molecule has 3 heterocycles. The van der Waals surface area contributed by atoms with Gasteiger partial charge in [0.25, 0.3) is 5.91 Å². The normalized spacial score (nSPS) is 17.1. The lowest BCUT2D eigenvalue weighted by Crippen LogP contribution is -2.34. The van der Waals surface area contributed by atoms with Gasteiger partial charge in [-0.3, -0.25) is 4.79 Å². The number of carbonyl (C=O) groups is 1. The summed E-state index contributed by atoms with van der Waals surface area (Å²) in [4.78, 5) is 33.9. The third-order valence-corrected chi connectivity index (χ3v) is 6.91. The second-order valence-electron chi connectivity index (χ2n) is 8.88. The predicted octanol–water partition coefficient (Wildman–Crippen LogP) is 4.76. The van der Waals surface area contributed by atoms with Gasteiger partial charge in [0.2, 0.25) is 0 Å². The van der Waals surface area contributed by atoms with Gasteiger partial charge in [0.1, 0.15) is 18.0 Å². The Hall–Kier alpha value is -2.94. The van der Waals surface area contributed by atoms with E-state index in [1.807, 2.05) is 44.1 Å². The summed E-state index contributed by atoms with van der Waals surface area (Å²) in [5.41, 5.74) is 2.82. The van der Waals surface area contributed by atoms with Crippen molar-refractivity contribution in [2.45, 2.75) is 25.4 Å². The fourth-order valence-corrected chi connectivity index (χ4v) is 4.77. The fourth-order valence-electron chi connectivity index (χ4n) is 4.35. The molecule has 4 aromatic rings. The van der Waals surface area contributed by atoms with E-state index in [0.717, 1.165) is 28.7 Å². The summed E-state index contributed by atoms with van der Waals surface area (Å²) >= 11 is 12.7. The Labute approximate surface area is 207 Å². The van der Waals surface area contributed by atoms with Crippen LogP contribution in [0.1, 0.15) is 35.6 Å². The molecule has 0 saturated carbocycles. The standard InChI is InChI=1S/C24H25Cl2N7O/c1-13(22-30-19-5-4-14(25)8-21(19)31-22)29-23-17-9-18(26)16(10-20(17)27-12-28-23)24(34)33-7-6-15(11-33)32(2)3/h4-5,8-10,12-13,15H,6-7,11H2,1-3H3,(H,30,31)(H,27,28,29)/t13-,15+/m1/s1. The number of rotatable bonds is 5. The lowest BCUT2D eigenvalue weighted by Gasteiger charge is -2.21. The number of H-pyrrole nitrogens is 1. The molecule has 0 spiro atoms. The smallest absolute Gasteiger partial charge is 0.255 e. The molecule has 5 rings (SSSR count). The minimum Gasteiger partial charge on any atom is -0.360 e. The second-order valence-corrected chi connectivity index (χ2v) is 9.72. The van der Waals surface area contributed by atoms with E-state index in [1.165, 1.54) is 6.33 Å². The summed E-state index contributed by atoms with van der Waals surface area (Å²) < 4.78 is 0. The van der Waals surface area contributed by atoms with Crippen LogP contribution in [0.4, 0.5) is 5.82 Å². The number of hydrogen-bond donors (Lipinski definition) is 2. The summed E-state index contributed by atoms with van der Waals surface area (Å²) in [5, 5.41) is 5.16. The maximum Gasteiger partial charge on any atom is 0.255 e. The molecule has 0 aliphatic carbocycles. The molecule has 8 nitrogen and oxygen atoms in total. The Morgan fingerprint density at radius 3 is 2.79 bits per heavy atom. The fraction of sp³-hybridized carbons (Fsp3) is 0.333. The Balaban J connectivity index is 1.41. The molecule has 1 fully saturated rings. The maximum atomic E-state index is 13.2. The molecular weight excluding hydrogens is 473 g/mol. The zero-order valence-corrected chi connectivity index (χ0v) is 20.7. The van der Waals surface area contributed by atoms with Gasteiger partial charge in [0, 0.05) is 29.5 Å². The largest absolute Gasteiger partial charge is 0.360 e. The highest BCUT2D eigenvalue weighted by Gasteiger charge is 2.29. The van der Waals surface area contributed by atoms with Crippen LogP contribution >= 0.6 is 23.2 Å². The lowest BCUT2D eigenvalue weighted by molar-refractivity contribution is 0.0783. The number of amides is 1. The van der Waals surface area contributed by atoms with Crippen molar-refractivity contribution < 1.29 is 4.79 Å². The molecule has 1 amide bonds. The first-order valence-electron chi connectivity index (χ1n) is 11.1. The van der Waals surface area contributed by atoms with Gasteiger partial charge in [-0.15, -0.1) is 0 Å². The highest BCUT2D eigenvalue weighted by molar-refractivity contribution is 6.35. The highest BCUT2D eigenvalue weighted by Crippen LogP contribution is 2.30. The Kier molecular flexibility index (Phi) is 6.06. The van der Waals surface area contributed by atoms with Crippen LogP contribution in [0, 0.1) is 0 Å². The number of hydrogen-bond acceptors (Lipinski definition) is 6. The molecule has 10 heteroatoms. The first-order chi connectivity index (χ1) is 16.3. The van der Waals surface area contributed by atoms with Gasteiger partial charge in [-0.05, 0) is 57.8 Å². The summed E-state index contributed by atoms with van der Waals surface area (Å²) in [5.74, 6) is 1.30. The van der Waals surface area contributed by atoms with Gasteiger partial charge in [0.05, 0.1) is 33.2 Å². The number of fused-ring (bicyclic) bond motifs is 2. The average Bonchev–Trinajstić information content (AvgIpc) is 3.46. The summed E-state index contributed by atoms with van der Waals surface area (Å²) in [7, 11) is 4.07. The van der Waals surface area contributed by atoms with E-state index in [2.05, 4.69) is 30.2 Å². The van der Waals surface area contributed by atoms with Crippen LogP contribution in [-0.2, 0) is 0 Å². The van der Waals surface area contributed by atoms with Crippen LogP contribution < -0.4 is 5.32 Å². The van der Waals surface area contributed by atoms with Gasteiger partial charge >= 0.3 is 0 Å². The van der Waals surface area contributed by atoms with E-state index in [9.17, 15) is 4.79 Å². The van der Waals surface area contributed by atoms with E-state index in [-0.39, 0.29) is 11.9 Å². The number of aromatic amines is 1. The summed E-state index contributed by atoms with van der Waals surface area (Å²) in [6, 6.07) is 9.24. The third kappa shape index (κ3) is 4.29. The van der Waals surface area contributed by atoms with Crippen LogP contribution in [0.5, 0.6) is 0 Å². The topological polar surface area (TPSA) is 90.0 Å². The minimum atomic E-state index is -0.170. The summed E-state index contributed by atoms with van der Waals surface area (Å²) in [6.45, 7) is 3.39. The molecule has 0 unspecified atom stereocenters. The number of halogens is 2. The zero-order chi connectivity index (χ0) is 24.0. The molecule has 2 aromatic carbocycles. The van der Waals surface area contributed by atoms with Crippen molar-refractivity contribution in [1.82, 2.24) is 29.7 Å². The van der Waals surface area contributed by atoms with Crippen molar-refractivity contribution in [1.29, 1.82) is 0 Å². The predicted molar refractivity (Wildman–Crippen MR) is 136 cm³/mol. The highest BCUT2D eigenvalue weighted by atomic mass is 35.5. The maximum absolute atomic E-state index is 13.2. The average molecular weight is 498 g/mol. The van der Waals surface area contributed by atoms with Crippen molar-refractivity contribution in [3.63, 3.8) is 0 Å². The van der Waals surface area contributed by atoms with E-state index in [4.69, 9.17) is 23.2 Å². The Morgan fingerprint density at radius 1 is 1.21 bits per heavy atom. The molecule has 0 bridgehead atoms. The molecular formula is C24H25Cl2N7O. The SMILES string of the molecule is C[C@@H](Nc1ncnc2cc(C(=O)N3CC[C@H](N(C)C)C3)c(Cl)cc12)c1nc2ccc(Cl)cc2[nH]1. The van der Waals surface area contributed by atoms with Crippen LogP contribution in [0.15, 0.2) is 36.7 Å². The van der Waals surface area contributed by atoms with Crippen molar-refractivity contribution in [3.8, 4) is 0 Å². The number of aromatic nitrogens is 4. The summed E-state index contributed by atoms with van der Waals surface area (Å²) in [6.07, 6.45) is 2.43. The number of nitrogens with one attached hydrogen (secondary N) is 2. The van der Waals surface area contributed by atoms with Crippen LogP contribution in [-0.4, -0.2) is 68.9 Å². The molecule has 1 aliphatic heterocycles. The Morgan fingerprint density at radius 2 is 2.03 bits per heavy atom. The Bertz CT molecular complexity index is 1390. The van der Waals surface area contributed by atoms with Gasteiger partial charge < -0.3 is 20.1 Å². The molecule has 2 atom stereocenters. The number of anilines is 1. The zero-order valence-electron chi connectivity index (χ0n) is 19.1. The van der Waals surface area contributed by atoms with Gasteiger partial charge in [-0.2, -0.15) is 0 Å². The number of carbonyl (C=O) groups excluding carboxylic acids is 1. The number of likely N-dealkylation sites (N-methyl/N-ethyl adjacent to an activating group) is 1. The number of likely N-dealkylation sites (tertiary alicyclic amines) is 1. The number of imidazole rings is 1. The first-order valence-corrected chi connectivity index (χ1v) is 11.9. The van der Waals surface area contributed by atoms with Crippen molar-refractivity contribution in [2.75, 3.05) is 32.5 Å². The molecule has 34 heavy (non-hydrogen) atoms. The van der Waals surface area contributed by atoms with Crippen molar-refractivity contribution in [3.05, 3.63) is 58.1 Å². The van der Waals surface area contributed by atoms with E-state index < -0.39 is 0 Å². The monoisotopic (exact) mass is 497 g/mol. The van der Waals surface area contributed by atoms with Gasteiger partial charge in [-0.25, -0.2) is 15.0 Å². The van der Waals surface area contributed by atoms with E-state index in [0.29, 0.717) is 46.1 Å². The van der Waals surface area contributed by atoms with E-state index in [1.54, 1.807) is 12.1 Å². The molecule has 1 saturated heterocycles. The van der Waals surface area contributed by atoms with Crippen LogP contribution in [0.25, 0.3) is 21.9 Å². The molecule has 1 aliphatic rings. The molecule has 176 valence electrons. The van der Waals surface area contributed by atoms with Crippen molar-refractivity contribution in [2.24, 2.45) is 0 Å². The quantitative estimate of drug-likeness (QED) is 0.413. The first kappa shape index (κ1) is 22.8. The number of benzene rings is 2. The lowest BCUT2D eigenvalue weighted by atomic mass is 10.1. The number of nitrogens with zero attached hydrogens (tertiary/aromatic N) is 5. The molecule has 0 radical (unpaired) electrons.